The Balaban J connectivity index is 1.38. The summed E-state index contributed by atoms with van der Waals surface area (Å²) in [4.78, 5) is 39.2. The molecule has 0 saturated carbocycles. The first kappa shape index (κ1) is 18.5. The van der Waals surface area contributed by atoms with E-state index in [1.165, 1.54) is 0 Å². The summed E-state index contributed by atoms with van der Waals surface area (Å²) in [5, 5.41) is 4.89. The van der Waals surface area contributed by atoms with Crippen molar-refractivity contribution in [1.29, 1.82) is 0 Å². The van der Waals surface area contributed by atoms with E-state index in [0.29, 0.717) is 22.0 Å². The molecule has 1 heterocycles. The number of rotatable bonds is 6. The number of esters is 1. The molecule has 9 heteroatoms. The van der Waals surface area contributed by atoms with Crippen molar-refractivity contribution >= 4 is 46.5 Å². The summed E-state index contributed by atoms with van der Waals surface area (Å²) in [6.07, 6.45) is 0. The molecule has 2 N–H and O–H groups in total. The van der Waals surface area contributed by atoms with E-state index in [1.54, 1.807) is 42.5 Å². The Morgan fingerprint density at radius 2 is 1.78 bits per heavy atom. The Labute approximate surface area is 158 Å². The number of urea groups is 1. The summed E-state index contributed by atoms with van der Waals surface area (Å²) in [5.74, 6) is -1.43. The number of thioether (sulfide) groups is 1. The van der Waals surface area contributed by atoms with Gasteiger partial charge in [0.05, 0.1) is 0 Å². The fraction of sp³-hybridized carbons (Fsp3) is 0.111. The van der Waals surface area contributed by atoms with Crippen molar-refractivity contribution in [3.8, 4) is 0 Å². The third-order valence-electron chi connectivity index (χ3n) is 3.24. The number of amides is 3. The molecular weight excluding hydrogens is 370 g/mol. The minimum atomic E-state index is -0.733. The number of benzene rings is 2. The van der Waals surface area contributed by atoms with Crippen LogP contribution < -0.4 is 10.6 Å². The van der Waals surface area contributed by atoms with E-state index in [9.17, 15) is 14.4 Å². The van der Waals surface area contributed by atoms with Crippen LogP contribution in [0, 0.1) is 0 Å². The van der Waals surface area contributed by atoms with Gasteiger partial charge in [-0.1, -0.05) is 42.1 Å². The average Bonchev–Trinajstić information content (AvgIpc) is 3.08. The van der Waals surface area contributed by atoms with Crippen LogP contribution in [0.25, 0.3) is 11.1 Å². The van der Waals surface area contributed by atoms with Crippen LogP contribution in [0.4, 0.5) is 10.5 Å². The van der Waals surface area contributed by atoms with Crippen molar-refractivity contribution < 1.29 is 23.5 Å². The van der Waals surface area contributed by atoms with Crippen LogP contribution >= 0.6 is 11.8 Å². The van der Waals surface area contributed by atoms with Gasteiger partial charge in [0.25, 0.3) is 11.1 Å². The van der Waals surface area contributed by atoms with E-state index in [0.717, 1.165) is 11.8 Å². The second-order valence-corrected chi connectivity index (χ2v) is 6.19. The molecule has 3 aromatic rings. The molecule has 0 saturated heterocycles. The Bertz CT molecular complexity index is 925. The molecule has 2 aromatic carbocycles. The fourth-order valence-electron chi connectivity index (χ4n) is 2.07. The van der Waals surface area contributed by atoms with Crippen molar-refractivity contribution in [3.63, 3.8) is 0 Å². The van der Waals surface area contributed by atoms with Crippen molar-refractivity contribution in [3.05, 3.63) is 54.6 Å². The number of aromatic nitrogens is 1. The highest BCUT2D eigenvalue weighted by atomic mass is 32.2. The number of nitrogens with zero attached hydrogens (tertiary/aromatic N) is 1. The van der Waals surface area contributed by atoms with Gasteiger partial charge in [-0.2, -0.15) is 0 Å². The van der Waals surface area contributed by atoms with Gasteiger partial charge in [0, 0.05) is 5.69 Å². The smallest absolute Gasteiger partial charge is 0.325 e. The molecular formula is C18H15N3O5S. The van der Waals surface area contributed by atoms with Crippen LogP contribution in [0.1, 0.15) is 0 Å². The third-order valence-corrected chi connectivity index (χ3v) is 4.04. The first-order valence-electron chi connectivity index (χ1n) is 7.90. The van der Waals surface area contributed by atoms with Gasteiger partial charge < -0.3 is 14.5 Å². The number of nitrogens with one attached hydrogen (secondary N) is 2. The van der Waals surface area contributed by atoms with Gasteiger partial charge in [0.2, 0.25) is 0 Å². The molecule has 0 aliphatic rings. The van der Waals surface area contributed by atoms with Crippen LogP contribution in [-0.4, -0.2) is 35.3 Å². The maximum Gasteiger partial charge on any atom is 0.325 e. The molecule has 1 aromatic heterocycles. The van der Waals surface area contributed by atoms with E-state index in [2.05, 4.69) is 15.6 Å². The molecule has 0 aliphatic carbocycles. The first-order valence-corrected chi connectivity index (χ1v) is 8.88. The number of carbonyl (C=O) groups is 3. The van der Waals surface area contributed by atoms with E-state index >= 15 is 0 Å². The molecule has 3 rings (SSSR count). The lowest BCUT2D eigenvalue weighted by Crippen LogP contribution is -2.37. The number of hydrogen-bond acceptors (Lipinski definition) is 7. The number of hydrogen-bond donors (Lipinski definition) is 2. The van der Waals surface area contributed by atoms with Crippen LogP contribution in [0.15, 0.2) is 64.2 Å². The molecule has 0 spiro atoms. The van der Waals surface area contributed by atoms with E-state index < -0.39 is 24.5 Å². The standard InChI is InChI=1S/C18H15N3O5S/c22-15(21-17(24)19-12-6-2-1-3-7-12)10-25-16(23)11-27-18-20-13-8-4-5-9-14(13)26-18/h1-9H,10-11H2,(H2,19,21,22,24). The minimum absolute atomic E-state index is 0.0731. The van der Waals surface area contributed by atoms with Crippen LogP contribution in [-0.2, 0) is 14.3 Å². The zero-order valence-corrected chi connectivity index (χ0v) is 14.8. The second-order valence-electron chi connectivity index (χ2n) is 5.27. The van der Waals surface area contributed by atoms with Crippen molar-refractivity contribution in [2.24, 2.45) is 0 Å². The van der Waals surface area contributed by atoms with E-state index in [1.807, 2.05) is 12.1 Å². The molecule has 0 bridgehead atoms. The lowest BCUT2D eigenvalue weighted by molar-refractivity contribution is -0.145. The predicted octanol–water partition coefficient (Wildman–Crippen LogP) is 2.81. The molecule has 8 nitrogen and oxygen atoms in total. The monoisotopic (exact) mass is 385 g/mol. The van der Waals surface area contributed by atoms with Crippen LogP contribution in [0.5, 0.6) is 0 Å². The van der Waals surface area contributed by atoms with E-state index in [4.69, 9.17) is 9.15 Å². The largest absolute Gasteiger partial charge is 0.455 e. The molecule has 0 atom stereocenters. The lowest BCUT2D eigenvalue weighted by atomic mass is 10.3. The molecule has 3 amide bonds. The Kier molecular flexibility index (Phi) is 6.06. The van der Waals surface area contributed by atoms with Crippen LogP contribution in [0.2, 0.25) is 0 Å². The number of imide groups is 1. The predicted molar refractivity (Wildman–Crippen MR) is 99.3 cm³/mol. The molecule has 27 heavy (non-hydrogen) atoms. The third kappa shape index (κ3) is 5.58. The maximum atomic E-state index is 11.7. The zero-order valence-electron chi connectivity index (χ0n) is 14.0. The normalized spacial score (nSPS) is 10.4. The summed E-state index contributed by atoms with van der Waals surface area (Å²) in [7, 11) is 0. The molecule has 0 radical (unpaired) electrons. The molecule has 0 fully saturated rings. The Morgan fingerprint density at radius 3 is 2.56 bits per heavy atom. The molecule has 0 unspecified atom stereocenters. The molecule has 0 aliphatic heterocycles. The Hall–Kier alpha value is -3.33. The number of oxazole rings is 1. The van der Waals surface area contributed by atoms with Gasteiger partial charge in [-0.05, 0) is 24.3 Å². The van der Waals surface area contributed by atoms with Crippen LogP contribution in [0.3, 0.4) is 0 Å². The topological polar surface area (TPSA) is 111 Å². The van der Waals surface area contributed by atoms with Gasteiger partial charge in [-0.15, -0.1) is 0 Å². The average molecular weight is 385 g/mol. The van der Waals surface area contributed by atoms with Gasteiger partial charge >= 0.3 is 12.0 Å². The van der Waals surface area contributed by atoms with Crippen molar-refractivity contribution in [2.45, 2.75) is 5.22 Å². The zero-order chi connectivity index (χ0) is 19.1. The summed E-state index contributed by atoms with van der Waals surface area (Å²) in [6, 6.07) is 15.2. The second kappa shape index (κ2) is 8.86. The highest BCUT2D eigenvalue weighted by Crippen LogP contribution is 2.23. The summed E-state index contributed by atoms with van der Waals surface area (Å²) in [5.41, 5.74) is 1.85. The quantitative estimate of drug-likeness (QED) is 0.496. The summed E-state index contributed by atoms with van der Waals surface area (Å²) in [6.45, 7) is -0.560. The number of para-hydroxylation sites is 3. The summed E-state index contributed by atoms with van der Waals surface area (Å²) < 4.78 is 10.3. The SMILES string of the molecule is O=C(COC(=O)CSc1nc2ccccc2o1)NC(=O)Nc1ccccc1. The van der Waals surface area contributed by atoms with Gasteiger partial charge in [0.15, 0.2) is 12.2 Å². The van der Waals surface area contributed by atoms with Gasteiger partial charge in [0.1, 0.15) is 11.3 Å². The van der Waals surface area contributed by atoms with Crippen molar-refractivity contribution in [1.82, 2.24) is 10.3 Å². The van der Waals surface area contributed by atoms with Gasteiger partial charge in [-0.25, -0.2) is 9.78 Å². The highest BCUT2D eigenvalue weighted by Gasteiger charge is 2.13. The number of fused-ring (bicyclic) bond motifs is 1. The van der Waals surface area contributed by atoms with E-state index in [-0.39, 0.29) is 5.75 Å². The number of carbonyl (C=O) groups excluding carboxylic acids is 3. The highest BCUT2D eigenvalue weighted by molar-refractivity contribution is 7.99. The lowest BCUT2D eigenvalue weighted by Gasteiger charge is -2.07. The van der Waals surface area contributed by atoms with Crippen molar-refractivity contribution in [2.75, 3.05) is 17.7 Å². The first-order chi connectivity index (χ1) is 13.1. The number of ether oxygens (including phenoxy) is 1. The van der Waals surface area contributed by atoms with Gasteiger partial charge in [-0.3, -0.25) is 14.9 Å². The Morgan fingerprint density at radius 1 is 1.04 bits per heavy atom. The fourth-order valence-corrected chi connectivity index (χ4v) is 2.70. The minimum Gasteiger partial charge on any atom is -0.455 e. The molecule has 138 valence electrons. The summed E-state index contributed by atoms with van der Waals surface area (Å²) >= 11 is 1.06. The number of anilines is 1. The maximum absolute atomic E-state index is 11.7.